The van der Waals surface area contributed by atoms with E-state index in [0.717, 1.165) is 11.1 Å². The summed E-state index contributed by atoms with van der Waals surface area (Å²) >= 11 is 0. The van der Waals surface area contributed by atoms with Crippen molar-refractivity contribution < 1.29 is 28.0 Å². The lowest BCUT2D eigenvalue weighted by atomic mass is 10.1. The average molecular weight is 323 g/mol. The van der Waals surface area contributed by atoms with Crippen LogP contribution in [0.15, 0.2) is 65.6 Å². The van der Waals surface area contributed by atoms with Gasteiger partial charge in [-0.1, -0.05) is 54.6 Å². The molecule has 0 bridgehead atoms. The molecule has 1 atom stereocenters. The third-order valence-corrected chi connectivity index (χ3v) is 5.59. The molecular weight excluding hydrogens is 312 g/mol. The van der Waals surface area contributed by atoms with E-state index in [4.69, 9.17) is 3.74 Å². The van der Waals surface area contributed by atoms with E-state index in [1.54, 1.807) is 18.2 Å². The molecule has 1 heterocycles. The Kier molecular flexibility index (Phi) is 3.95. The van der Waals surface area contributed by atoms with E-state index in [1.165, 1.54) is 0 Å². The van der Waals surface area contributed by atoms with Gasteiger partial charge < -0.3 is 0 Å². The lowest BCUT2D eigenvalue weighted by molar-refractivity contribution is -1.91. The molecule has 2 aromatic carbocycles. The standard InChI is InChI=1S/C15H11ClO4S/c17-16(18,19)20-21-14-9-5-4-8-13(14)10-11-15(21)12-6-2-1-3-7-12/h1-11H. The quantitative estimate of drug-likeness (QED) is 0.766. The van der Waals surface area contributed by atoms with Crippen LogP contribution in [0, 0.1) is 10.2 Å². The van der Waals surface area contributed by atoms with Crippen LogP contribution in [0.4, 0.5) is 0 Å². The summed E-state index contributed by atoms with van der Waals surface area (Å²) in [6.45, 7) is 0. The van der Waals surface area contributed by atoms with Gasteiger partial charge in [0, 0.05) is 0 Å². The molecule has 1 aliphatic heterocycles. The fraction of sp³-hybridized carbons (Fsp3) is 0. The molecule has 1 aliphatic rings. The summed E-state index contributed by atoms with van der Waals surface area (Å²) < 4.78 is 38.0. The number of hydrogen-bond acceptors (Lipinski definition) is 4. The molecular formula is C15H11ClO4S. The van der Waals surface area contributed by atoms with Gasteiger partial charge in [-0.2, -0.15) is 14.0 Å². The van der Waals surface area contributed by atoms with Crippen molar-refractivity contribution in [1.29, 1.82) is 0 Å². The lowest BCUT2D eigenvalue weighted by Crippen LogP contribution is -2.60. The van der Waals surface area contributed by atoms with Crippen molar-refractivity contribution in [3.8, 4) is 0 Å². The maximum atomic E-state index is 11.1. The van der Waals surface area contributed by atoms with Crippen LogP contribution in [0.25, 0.3) is 6.08 Å². The van der Waals surface area contributed by atoms with Crippen molar-refractivity contribution in [3.63, 3.8) is 0 Å². The number of benzene rings is 2. The second-order valence-corrected chi connectivity index (χ2v) is 6.99. The van der Waals surface area contributed by atoms with Crippen LogP contribution in [-0.2, 0) is 3.74 Å². The first-order valence-corrected chi connectivity index (χ1v) is 8.48. The van der Waals surface area contributed by atoms with Crippen molar-refractivity contribution in [2.45, 2.75) is 4.90 Å². The van der Waals surface area contributed by atoms with Gasteiger partial charge in [-0.05, 0) is 23.3 Å². The molecule has 0 saturated carbocycles. The normalized spacial score (nSPS) is 17.7. The van der Waals surface area contributed by atoms with Crippen LogP contribution in [0.2, 0.25) is 0 Å². The third kappa shape index (κ3) is 3.24. The average Bonchev–Trinajstić information content (AvgIpc) is 2.47. The minimum absolute atomic E-state index is 0.668. The summed E-state index contributed by atoms with van der Waals surface area (Å²) in [5, 5.41) is 0. The van der Waals surface area contributed by atoms with Crippen LogP contribution in [-0.4, -0.2) is 4.86 Å². The van der Waals surface area contributed by atoms with Crippen molar-refractivity contribution in [2.24, 2.45) is 0 Å². The number of allylic oxidation sites excluding steroid dienone is 1. The molecule has 108 valence electrons. The van der Waals surface area contributed by atoms with Gasteiger partial charge in [0.15, 0.2) is 0 Å². The van der Waals surface area contributed by atoms with Crippen LogP contribution in [0.3, 0.4) is 0 Å². The molecule has 3 rings (SSSR count). The van der Waals surface area contributed by atoms with Crippen molar-refractivity contribution in [1.82, 2.24) is 0 Å². The maximum absolute atomic E-state index is 11.1. The molecule has 6 heteroatoms. The first kappa shape index (κ1) is 14.5. The molecule has 2 aromatic rings. The van der Waals surface area contributed by atoms with Crippen molar-refractivity contribution in [3.05, 3.63) is 71.8 Å². The molecule has 0 aromatic heterocycles. The Balaban J connectivity index is 2.19. The van der Waals surface area contributed by atoms with E-state index in [0.29, 0.717) is 9.76 Å². The molecule has 0 radical (unpaired) electrons. The van der Waals surface area contributed by atoms with Gasteiger partial charge in [0.2, 0.25) is 0 Å². The largest absolute Gasteiger partial charge is 0.182 e. The van der Waals surface area contributed by atoms with Crippen LogP contribution < -0.4 is 14.0 Å². The summed E-state index contributed by atoms with van der Waals surface area (Å²) in [7, 11) is -5.77. The van der Waals surface area contributed by atoms with Gasteiger partial charge in [0.1, 0.15) is 14.5 Å². The zero-order valence-electron chi connectivity index (χ0n) is 10.8. The molecule has 0 spiro atoms. The second-order valence-electron chi connectivity index (χ2n) is 4.31. The van der Waals surface area contributed by atoms with Crippen molar-refractivity contribution in [2.75, 3.05) is 0 Å². The Hall–Kier alpha value is -1.47. The van der Waals surface area contributed by atoms with E-state index in [2.05, 4.69) is 0 Å². The van der Waals surface area contributed by atoms with Gasteiger partial charge in [-0.25, -0.2) is 0 Å². The minimum Gasteiger partial charge on any atom is -0.182 e. The second kappa shape index (κ2) is 5.73. The maximum Gasteiger partial charge on any atom is 0.148 e. The molecule has 0 amide bonds. The van der Waals surface area contributed by atoms with Gasteiger partial charge in [-0.3, -0.25) is 0 Å². The molecule has 1 unspecified atom stereocenters. The Bertz CT molecular complexity index is 720. The van der Waals surface area contributed by atoms with Gasteiger partial charge in [-0.15, -0.1) is 0 Å². The smallest absolute Gasteiger partial charge is 0.148 e. The molecule has 0 fully saturated rings. The van der Waals surface area contributed by atoms with E-state index in [1.807, 2.05) is 48.5 Å². The first-order valence-electron chi connectivity index (χ1n) is 6.09. The number of fused-ring (bicyclic) bond motifs is 1. The Morgan fingerprint density at radius 1 is 0.810 bits per heavy atom. The Morgan fingerprint density at radius 2 is 1.48 bits per heavy atom. The van der Waals surface area contributed by atoms with Crippen LogP contribution in [0.1, 0.15) is 11.1 Å². The predicted octanol–water partition coefficient (Wildman–Crippen LogP) is 0.391. The topological polar surface area (TPSA) is 78.4 Å². The van der Waals surface area contributed by atoms with E-state index < -0.39 is 21.0 Å². The number of halogens is 1. The monoisotopic (exact) mass is 322 g/mol. The summed E-state index contributed by atoms with van der Waals surface area (Å²) in [6.07, 6.45) is 3.68. The first-order chi connectivity index (χ1) is 10.0. The van der Waals surface area contributed by atoms with Crippen LogP contribution in [0.5, 0.6) is 0 Å². The highest BCUT2D eigenvalue weighted by Crippen LogP contribution is 2.39. The number of hydrogen-bond donors (Lipinski definition) is 0. The highest BCUT2D eigenvalue weighted by molar-refractivity contribution is 8.12. The minimum atomic E-state index is -4.51. The fourth-order valence-electron chi connectivity index (χ4n) is 2.08. The molecule has 4 nitrogen and oxygen atoms in total. The van der Waals surface area contributed by atoms with Gasteiger partial charge >= 0.3 is 0 Å². The van der Waals surface area contributed by atoms with E-state index >= 15 is 0 Å². The molecule has 0 N–H and O–H groups in total. The van der Waals surface area contributed by atoms with Crippen LogP contribution >= 0.6 is 10.8 Å². The molecule has 0 saturated heterocycles. The molecule has 21 heavy (non-hydrogen) atoms. The fourth-order valence-corrected chi connectivity index (χ4v) is 4.57. The van der Waals surface area contributed by atoms with Gasteiger partial charge in [0.25, 0.3) is 0 Å². The SMILES string of the molecule is [O-][Cl+3]([O-])([O-])OS1=C(c2ccccc2)C=Cc2ccccc21. The van der Waals surface area contributed by atoms with E-state index in [9.17, 15) is 14.0 Å². The highest BCUT2D eigenvalue weighted by Gasteiger charge is 2.29. The summed E-state index contributed by atoms with van der Waals surface area (Å²) in [5.74, 6) is 0. The van der Waals surface area contributed by atoms with E-state index in [-0.39, 0.29) is 0 Å². The van der Waals surface area contributed by atoms with Crippen molar-refractivity contribution >= 4 is 21.7 Å². The van der Waals surface area contributed by atoms with Gasteiger partial charge in [0.05, 0.1) is 20.0 Å². The summed E-state index contributed by atoms with van der Waals surface area (Å²) in [4.78, 5) is 1.35. The highest BCUT2D eigenvalue weighted by atomic mass is 35.7. The lowest BCUT2D eigenvalue weighted by Gasteiger charge is -2.19. The summed E-state index contributed by atoms with van der Waals surface area (Å²) in [5.41, 5.74) is 1.67. The predicted molar refractivity (Wildman–Crippen MR) is 73.0 cm³/mol. The zero-order chi connectivity index (χ0) is 14.9. The Labute approximate surface area is 126 Å². The number of rotatable bonds is 3. The molecule has 0 aliphatic carbocycles. The third-order valence-electron chi connectivity index (χ3n) is 2.93. The zero-order valence-corrected chi connectivity index (χ0v) is 12.3. The summed E-state index contributed by atoms with van der Waals surface area (Å²) in [6, 6.07) is 16.5. The Morgan fingerprint density at radius 3 is 2.19 bits per heavy atom.